The van der Waals surface area contributed by atoms with Crippen molar-refractivity contribution in [1.29, 1.82) is 0 Å². The fourth-order valence-electron chi connectivity index (χ4n) is 13.1. The average Bonchev–Trinajstić information content (AvgIpc) is 3.93. The maximum atomic E-state index is 12.9. The Kier molecular flexibility index (Phi) is 7.76. The van der Waals surface area contributed by atoms with Crippen LogP contribution in [0.5, 0.6) is 0 Å². The summed E-state index contributed by atoms with van der Waals surface area (Å²) in [7, 11) is 1.92. The summed E-state index contributed by atoms with van der Waals surface area (Å²) >= 11 is 0. The van der Waals surface area contributed by atoms with Gasteiger partial charge in [0.05, 0.1) is 31.5 Å². The third-order valence-corrected chi connectivity index (χ3v) is 16.0. The summed E-state index contributed by atoms with van der Waals surface area (Å²) in [6, 6.07) is -0.484. The van der Waals surface area contributed by atoms with E-state index in [0.29, 0.717) is 72.8 Å². The number of rotatable bonds is 8. The molecule has 0 aromatic rings. The van der Waals surface area contributed by atoms with Crippen molar-refractivity contribution < 1.29 is 28.9 Å². The molecule has 0 bridgehead atoms. The van der Waals surface area contributed by atoms with E-state index in [1.54, 1.807) is 6.92 Å². The van der Waals surface area contributed by atoms with E-state index in [9.17, 15) is 14.7 Å². The molecular weight excluding hydrogens is 580 g/mol. The lowest BCUT2D eigenvalue weighted by Crippen LogP contribution is -2.56. The summed E-state index contributed by atoms with van der Waals surface area (Å²) in [4.78, 5) is 28.4. The molecule has 8 aliphatic rings. The molecule has 0 aromatic carbocycles. The van der Waals surface area contributed by atoms with Gasteiger partial charge in [-0.15, -0.1) is 0 Å². The van der Waals surface area contributed by atoms with Gasteiger partial charge in [0.2, 0.25) is 5.91 Å². The highest BCUT2D eigenvalue weighted by molar-refractivity contribution is 5.76. The van der Waals surface area contributed by atoms with Crippen molar-refractivity contribution in [2.45, 2.75) is 142 Å². The van der Waals surface area contributed by atoms with Crippen LogP contribution < -0.4 is 0 Å². The van der Waals surface area contributed by atoms with Gasteiger partial charge in [0.25, 0.3) is 0 Å². The molecule has 258 valence electrons. The average molecular weight is 641 g/mol. The molecule has 2 saturated heterocycles. The quantitative estimate of drug-likeness (QED) is 0.350. The standard InChI is InChI=1S/C38H60N2O6/c1-23(34(42)43)39(5)20-25-8-9-27-29(45-25)19-28-26-10-11-30-35(2,3)31(12-13-38(30)22-37(26,38)15-14-36(27,28)4)46-33-21-40(16-17-44-33)32(41)18-24-6-7-24/h23-31,33H,6-22H2,1-5H3,(H,42,43). The number of amides is 1. The molecule has 46 heavy (non-hydrogen) atoms. The molecule has 8 fully saturated rings. The van der Waals surface area contributed by atoms with Crippen LogP contribution in [0, 0.1) is 51.2 Å². The molecule has 0 radical (unpaired) electrons. The maximum absolute atomic E-state index is 12.9. The topological polar surface area (TPSA) is 88.5 Å². The lowest BCUT2D eigenvalue weighted by molar-refractivity contribution is -0.244. The monoisotopic (exact) mass is 640 g/mol. The molecule has 6 saturated carbocycles. The van der Waals surface area contributed by atoms with Gasteiger partial charge >= 0.3 is 5.97 Å². The van der Waals surface area contributed by atoms with Gasteiger partial charge in [0.1, 0.15) is 6.04 Å². The molecule has 2 aliphatic heterocycles. The van der Waals surface area contributed by atoms with Crippen molar-refractivity contribution in [2.24, 2.45) is 51.2 Å². The number of carbonyl (C=O) groups excluding carboxylic acids is 1. The molecule has 1 amide bonds. The molecule has 12 atom stereocenters. The third kappa shape index (κ3) is 4.87. The van der Waals surface area contributed by atoms with Gasteiger partial charge in [-0.25, -0.2) is 0 Å². The number of carboxylic acid groups (broad SMARTS) is 1. The summed E-state index contributed by atoms with van der Waals surface area (Å²) < 4.78 is 19.8. The van der Waals surface area contributed by atoms with Gasteiger partial charge in [0.15, 0.2) is 6.29 Å². The summed E-state index contributed by atoms with van der Waals surface area (Å²) in [5.41, 5.74) is 1.43. The Morgan fingerprint density at radius 1 is 0.978 bits per heavy atom. The molecule has 0 aromatic heterocycles. The van der Waals surface area contributed by atoms with Gasteiger partial charge < -0.3 is 24.2 Å². The highest BCUT2D eigenvalue weighted by Gasteiger charge is 2.80. The highest BCUT2D eigenvalue weighted by atomic mass is 16.7. The zero-order chi connectivity index (χ0) is 32.2. The SMILES string of the molecule is CC(C(=O)O)N(C)CC1CCC2C(CC3C4CCC5C(C)(C)C(OC6CN(C(=O)CC7CC7)CCO6)CCC56CC46CCC23C)O1. The second kappa shape index (κ2) is 11.1. The zero-order valence-corrected chi connectivity index (χ0v) is 29.2. The molecule has 12 unspecified atom stereocenters. The van der Waals surface area contributed by atoms with Crippen LogP contribution in [-0.2, 0) is 23.8 Å². The van der Waals surface area contributed by atoms with E-state index in [0.717, 1.165) is 24.7 Å². The van der Waals surface area contributed by atoms with E-state index < -0.39 is 12.0 Å². The first-order chi connectivity index (χ1) is 21.9. The molecule has 8 rings (SSSR count). The van der Waals surface area contributed by atoms with Crippen molar-refractivity contribution in [3.63, 3.8) is 0 Å². The number of carboxylic acids is 1. The second-order valence-corrected chi connectivity index (χ2v) is 18.3. The number of fused-ring (bicyclic) bond motifs is 4. The largest absolute Gasteiger partial charge is 0.480 e. The number of likely N-dealkylation sites (N-methyl/N-ethyl adjacent to an activating group) is 1. The van der Waals surface area contributed by atoms with E-state index in [2.05, 4.69) is 20.8 Å². The Hall–Kier alpha value is -1.22. The first-order valence-electron chi connectivity index (χ1n) is 19.0. The Bertz CT molecular complexity index is 1220. The second-order valence-electron chi connectivity index (χ2n) is 18.3. The minimum atomic E-state index is -0.761. The lowest BCUT2D eigenvalue weighted by atomic mass is 9.46. The van der Waals surface area contributed by atoms with Crippen LogP contribution in [0.1, 0.15) is 111 Å². The van der Waals surface area contributed by atoms with Crippen LogP contribution in [0.3, 0.4) is 0 Å². The summed E-state index contributed by atoms with van der Waals surface area (Å²) in [6.45, 7) is 11.9. The van der Waals surface area contributed by atoms with E-state index in [1.807, 2.05) is 16.8 Å². The van der Waals surface area contributed by atoms with E-state index in [4.69, 9.17) is 14.2 Å². The van der Waals surface area contributed by atoms with Crippen LogP contribution in [0.25, 0.3) is 0 Å². The van der Waals surface area contributed by atoms with Gasteiger partial charge in [-0.05, 0) is 142 Å². The van der Waals surface area contributed by atoms with Crippen molar-refractivity contribution in [3.05, 3.63) is 0 Å². The fourth-order valence-corrected chi connectivity index (χ4v) is 13.1. The zero-order valence-electron chi connectivity index (χ0n) is 29.2. The first kappa shape index (κ1) is 32.0. The Balaban J connectivity index is 0.929. The molecular formula is C38H60N2O6. The third-order valence-electron chi connectivity index (χ3n) is 16.0. The Morgan fingerprint density at radius 3 is 2.52 bits per heavy atom. The maximum Gasteiger partial charge on any atom is 0.320 e. The molecule has 6 aliphatic carbocycles. The van der Waals surface area contributed by atoms with Crippen LogP contribution in [0.15, 0.2) is 0 Å². The molecule has 2 heterocycles. The van der Waals surface area contributed by atoms with Crippen molar-refractivity contribution >= 4 is 11.9 Å². The summed E-state index contributed by atoms with van der Waals surface area (Å²) in [5.74, 6) is 3.03. The minimum absolute atomic E-state index is 0.0935. The van der Waals surface area contributed by atoms with E-state index in [-0.39, 0.29) is 29.8 Å². The van der Waals surface area contributed by atoms with Crippen LogP contribution in [0.4, 0.5) is 0 Å². The normalized spacial score (nSPS) is 48.0. The highest BCUT2D eigenvalue weighted by Crippen LogP contribution is 2.87. The predicted octanol–water partition coefficient (Wildman–Crippen LogP) is 5.97. The number of morpholine rings is 1. The molecule has 2 spiro atoms. The van der Waals surface area contributed by atoms with Gasteiger partial charge in [-0.3, -0.25) is 14.5 Å². The molecule has 8 nitrogen and oxygen atoms in total. The minimum Gasteiger partial charge on any atom is -0.480 e. The Morgan fingerprint density at radius 2 is 1.76 bits per heavy atom. The fraction of sp³-hybridized carbons (Fsp3) is 0.947. The molecule has 1 N–H and O–H groups in total. The summed E-state index contributed by atoms with van der Waals surface area (Å²) in [5, 5.41) is 9.49. The van der Waals surface area contributed by atoms with Crippen molar-refractivity contribution in [2.75, 3.05) is 33.3 Å². The number of ether oxygens (including phenoxy) is 3. The number of hydrogen-bond acceptors (Lipinski definition) is 6. The van der Waals surface area contributed by atoms with Crippen molar-refractivity contribution in [1.82, 2.24) is 9.80 Å². The predicted molar refractivity (Wildman–Crippen MR) is 174 cm³/mol. The smallest absolute Gasteiger partial charge is 0.320 e. The number of carbonyl (C=O) groups is 2. The van der Waals surface area contributed by atoms with Gasteiger partial charge in [0, 0.05) is 19.5 Å². The van der Waals surface area contributed by atoms with E-state index in [1.165, 1.54) is 64.2 Å². The molecule has 8 heteroatoms. The van der Waals surface area contributed by atoms with Gasteiger partial charge in [-0.2, -0.15) is 0 Å². The number of hydrogen-bond donors (Lipinski definition) is 1. The number of nitrogens with zero attached hydrogens (tertiary/aromatic N) is 2. The first-order valence-corrected chi connectivity index (χ1v) is 19.0. The Labute approximate surface area is 276 Å². The number of aliphatic carboxylic acids is 1. The van der Waals surface area contributed by atoms with E-state index >= 15 is 0 Å². The van der Waals surface area contributed by atoms with Crippen LogP contribution in [0.2, 0.25) is 0 Å². The van der Waals surface area contributed by atoms with Crippen LogP contribution >= 0.6 is 0 Å². The summed E-state index contributed by atoms with van der Waals surface area (Å²) in [6.07, 6.45) is 16.1. The lowest BCUT2D eigenvalue weighted by Gasteiger charge is -2.60. The van der Waals surface area contributed by atoms with Crippen LogP contribution in [-0.4, -0.2) is 90.7 Å². The van der Waals surface area contributed by atoms with Crippen molar-refractivity contribution in [3.8, 4) is 0 Å². The van der Waals surface area contributed by atoms with Gasteiger partial charge in [-0.1, -0.05) is 20.8 Å².